The highest BCUT2D eigenvalue weighted by atomic mass is 32.1. The van der Waals surface area contributed by atoms with Gasteiger partial charge in [0, 0.05) is 5.56 Å². The number of para-hydroxylation sites is 1. The Morgan fingerprint density at radius 3 is 2.53 bits per heavy atom. The number of hydrogen-bond donors (Lipinski definition) is 2. The molecule has 0 spiro atoms. The van der Waals surface area contributed by atoms with Gasteiger partial charge in [-0.3, -0.25) is 20.4 Å². The highest BCUT2D eigenvalue weighted by molar-refractivity contribution is 7.21. The second-order valence-corrected chi connectivity index (χ2v) is 8.14. The summed E-state index contributed by atoms with van der Waals surface area (Å²) < 4.78 is 5.67. The fourth-order valence-electron chi connectivity index (χ4n) is 2.71. The molecule has 2 amide bonds. The van der Waals surface area contributed by atoms with Gasteiger partial charge in [0.25, 0.3) is 11.8 Å². The van der Waals surface area contributed by atoms with E-state index in [1.54, 1.807) is 17.4 Å². The molecule has 0 atom stereocenters. The lowest BCUT2D eigenvalue weighted by atomic mass is 10.1. The molecule has 0 saturated heterocycles. The van der Waals surface area contributed by atoms with Crippen LogP contribution in [0.2, 0.25) is 0 Å². The van der Waals surface area contributed by atoms with Crippen LogP contribution in [0.3, 0.4) is 0 Å². The van der Waals surface area contributed by atoms with Crippen LogP contribution in [0.1, 0.15) is 9.67 Å². The fourth-order valence-corrected chi connectivity index (χ4v) is 4.32. The van der Waals surface area contributed by atoms with E-state index in [9.17, 15) is 9.59 Å². The van der Waals surface area contributed by atoms with E-state index < -0.39 is 11.8 Å². The average molecular weight is 436 g/mol. The lowest BCUT2D eigenvalue weighted by molar-refractivity contribution is -0.123. The second-order valence-electron chi connectivity index (χ2n) is 6.16. The van der Waals surface area contributed by atoms with Crippen molar-refractivity contribution in [3.8, 4) is 26.8 Å². The first-order chi connectivity index (χ1) is 14.7. The summed E-state index contributed by atoms with van der Waals surface area (Å²) in [5, 5.41) is 2.72. The predicted octanol–water partition coefficient (Wildman–Crippen LogP) is 4.38. The van der Waals surface area contributed by atoms with E-state index in [4.69, 9.17) is 4.74 Å². The van der Waals surface area contributed by atoms with E-state index in [0.29, 0.717) is 10.6 Å². The number of amides is 2. The summed E-state index contributed by atoms with van der Waals surface area (Å²) in [5.74, 6) is -0.296. The maximum atomic E-state index is 12.3. The summed E-state index contributed by atoms with van der Waals surface area (Å²) in [6, 6.07) is 21.1. The van der Waals surface area contributed by atoms with Crippen LogP contribution in [0.4, 0.5) is 0 Å². The van der Waals surface area contributed by atoms with E-state index in [1.807, 2.05) is 66.0 Å². The molecule has 2 aromatic carbocycles. The maximum absolute atomic E-state index is 12.3. The van der Waals surface area contributed by atoms with E-state index in [-0.39, 0.29) is 6.61 Å². The molecule has 0 radical (unpaired) electrons. The van der Waals surface area contributed by atoms with Crippen molar-refractivity contribution in [2.45, 2.75) is 0 Å². The van der Waals surface area contributed by atoms with Gasteiger partial charge in [-0.1, -0.05) is 54.6 Å². The molecule has 2 heterocycles. The number of benzene rings is 2. The third kappa shape index (κ3) is 4.73. The molecular formula is C22H17N3O3S2. The topological polar surface area (TPSA) is 80.3 Å². The minimum atomic E-state index is -0.464. The summed E-state index contributed by atoms with van der Waals surface area (Å²) in [7, 11) is 0. The number of thiophene rings is 1. The third-order valence-electron chi connectivity index (χ3n) is 4.11. The number of aromatic nitrogens is 1. The van der Waals surface area contributed by atoms with Crippen molar-refractivity contribution in [2.75, 3.05) is 6.61 Å². The van der Waals surface area contributed by atoms with E-state index in [2.05, 4.69) is 15.8 Å². The number of carbonyl (C=O) groups excluding carboxylic acids is 2. The highest BCUT2D eigenvalue weighted by Crippen LogP contribution is 2.30. The van der Waals surface area contributed by atoms with Crippen LogP contribution in [0.5, 0.6) is 5.75 Å². The lowest BCUT2D eigenvalue weighted by Gasteiger charge is -2.12. The number of thiazole rings is 1. The van der Waals surface area contributed by atoms with Crippen LogP contribution in [0.25, 0.3) is 21.0 Å². The summed E-state index contributed by atoms with van der Waals surface area (Å²) in [6.07, 6.45) is 1.49. The van der Waals surface area contributed by atoms with Gasteiger partial charge in [0.1, 0.15) is 15.6 Å². The van der Waals surface area contributed by atoms with Gasteiger partial charge in [0.05, 0.1) is 11.1 Å². The molecule has 0 unspecified atom stereocenters. The van der Waals surface area contributed by atoms with Crippen molar-refractivity contribution in [3.05, 3.63) is 83.2 Å². The molecule has 30 heavy (non-hydrogen) atoms. The Kier molecular flexibility index (Phi) is 6.17. The molecule has 8 heteroatoms. The molecule has 0 aliphatic heterocycles. The first-order valence-electron chi connectivity index (χ1n) is 9.07. The first kappa shape index (κ1) is 19.8. The van der Waals surface area contributed by atoms with E-state index in [1.165, 1.54) is 17.5 Å². The molecule has 150 valence electrons. The summed E-state index contributed by atoms with van der Waals surface area (Å²) in [6.45, 7) is -0.229. The predicted molar refractivity (Wildman–Crippen MR) is 118 cm³/mol. The van der Waals surface area contributed by atoms with Gasteiger partial charge < -0.3 is 4.74 Å². The molecular weight excluding hydrogens is 418 g/mol. The van der Waals surface area contributed by atoms with E-state index in [0.717, 1.165) is 21.0 Å². The summed E-state index contributed by atoms with van der Waals surface area (Å²) >= 11 is 2.82. The van der Waals surface area contributed by atoms with Crippen molar-refractivity contribution < 1.29 is 14.3 Å². The monoisotopic (exact) mass is 435 g/mol. The molecule has 0 bridgehead atoms. The summed E-state index contributed by atoms with van der Waals surface area (Å²) in [4.78, 5) is 30.0. The van der Waals surface area contributed by atoms with Crippen LogP contribution in [0, 0.1) is 0 Å². The van der Waals surface area contributed by atoms with Crippen molar-refractivity contribution in [1.82, 2.24) is 15.8 Å². The molecule has 2 N–H and O–H groups in total. The molecule has 6 nitrogen and oxygen atoms in total. The zero-order valence-corrected chi connectivity index (χ0v) is 17.3. The smallest absolute Gasteiger partial charge is 0.281 e. The largest absolute Gasteiger partial charge is 0.483 e. The number of rotatable bonds is 6. The SMILES string of the molecule is O=C(COc1ccccc1-c1ccccc1)NNC(=O)c1cnc(-c2cccs2)s1. The number of nitrogens with one attached hydrogen (secondary N) is 2. The van der Waals surface area contributed by atoms with Gasteiger partial charge in [0.15, 0.2) is 6.61 Å². The molecule has 0 fully saturated rings. The Labute approximate surface area is 181 Å². The Morgan fingerprint density at radius 1 is 0.933 bits per heavy atom. The zero-order chi connectivity index (χ0) is 20.8. The summed E-state index contributed by atoms with van der Waals surface area (Å²) in [5.41, 5.74) is 6.65. The lowest BCUT2D eigenvalue weighted by Crippen LogP contribution is -2.43. The Balaban J connectivity index is 1.31. The van der Waals surface area contributed by atoms with Crippen LogP contribution in [0.15, 0.2) is 78.3 Å². The quantitative estimate of drug-likeness (QED) is 0.441. The molecule has 0 saturated carbocycles. The van der Waals surface area contributed by atoms with Crippen molar-refractivity contribution in [3.63, 3.8) is 0 Å². The van der Waals surface area contributed by atoms with Gasteiger partial charge in [-0.15, -0.1) is 22.7 Å². The molecule has 0 aliphatic carbocycles. The van der Waals surface area contributed by atoms with Crippen molar-refractivity contribution in [2.24, 2.45) is 0 Å². The number of carbonyl (C=O) groups is 2. The highest BCUT2D eigenvalue weighted by Gasteiger charge is 2.14. The van der Waals surface area contributed by atoms with Crippen LogP contribution >= 0.6 is 22.7 Å². The minimum absolute atomic E-state index is 0.229. The van der Waals surface area contributed by atoms with Crippen molar-refractivity contribution >= 4 is 34.5 Å². The Morgan fingerprint density at radius 2 is 1.73 bits per heavy atom. The second kappa shape index (κ2) is 9.34. The van der Waals surface area contributed by atoms with Crippen LogP contribution in [-0.4, -0.2) is 23.4 Å². The molecule has 0 aliphatic rings. The van der Waals surface area contributed by atoms with Crippen LogP contribution in [-0.2, 0) is 4.79 Å². The van der Waals surface area contributed by atoms with Gasteiger partial charge in [0.2, 0.25) is 0 Å². The zero-order valence-electron chi connectivity index (χ0n) is 15.7. The normalized spacial score (nSPS) is 10.4. The van der Waals surface area contributed by atoms with Gasteiger partial charge in [-0.2, -0.15) is 0 Å². The average Bonchev–Trinajstić information content (AvgIpc) is 3.49. The third-order valence-corrected chi connectivity index (χ3v) is 6.14. The Hall–Kier alpha value is -3.49. The molecule has 4 rings (SSSR count). The van der Waals surface area contributed by atoms with Gasteiger partial charge >= 0.3 is 0 Å². The van der Waals surface area contributed by atoms with E-state index >= 15 is 0 Å². The molecule has 2 aromatic heterocycles. The standard InChI is InChI=1S/C22H17N3O3S2/c26-20(14-28-17-10-5-4-9-16(17)15-7-2-1-3-8-15)24-25-21(27)19-13-23-22(30-19)18-11-6-12-29-18/h1-13H,14H2,(H,24,26)(H,25,27). The fraction of sp³-hybridized carbons (Fsp3) is 0.0455. The van der Waals surface area contributed by atoms with Gasteiger partial charge in [-0.05, 0) is 23.1 Å². The van der Waals surface area contributed by atoms with Crippen LogP contribution < -0.4 is 15.6 Å². The van der Waals surface area contributed by atoms with Crippen molar-refractivity contribution in [1.29, 1.82) is 0 Å². The Bertz CT molecular complexity index is 1140. The number of nitrogens with zero attached hydrogens (tertiary/aromatic N) is 1. The first-order valence-corrected chi connectivity index (χ1v) is 10.8. The number of ether oxygens (including phenoxy) is 1. The number of hydrazine groups is 1. The maximum Gasteiger partial charge on any atom is 0.281 e. The van der Waals surface area contributed by atoms with Gasteiger partial charge in [-0.25, -0.2) is 4.98 Å². The number of hydrogen-bond acceptors (Lipinski definition) is 6. The minimum Gasteiger partial charge on any atom is -0.483 e. The molecule has 4 aromatic rings.